The van der Waals surface area contributed by atoms with E-state index in [9.17, 15) is 4.79 Å². The highest BCUT2D eigenvalue weighted by Crippen LogP contribution is 2.22. The van der Waals surface area contributed by atoms with Gasteiger partial charge in [0.1, 0.15) is 0 Å². The second-order valence-corrected chi connectivity index (χ2v) is 5.14. The first-order valence-corrected chi connectivity index (χ1v) is 7.27. The van der Waals surface area contributed by atoms with E-state index in [0.717, 1.165) is 24.1 Å². The number of carbonyl (C=O) groups excluding carboxylic acids is 1. The molecule has 2 rings (SSSR count). The van der Waals surface area contributed by atoms with Crippen LogP contribution < -0.4 is 10.6 Å². The summed E-state index contributed by atoms with van der Waals surface area (Å²) < 4.78 is 0. The molecule has 4 nitrogen and oxygen atoms in total. The minimum absolute atomic E-state index is 0.288. The number of nitrogens with zero attached hydrogens (tertiary/aromatic N) is 1. The maximum Gasteiger partial charge on any atom is 0.323 e. The molecule has 0 aliphatic rings. The average Bonchev–Trinajstić information content (AvgIpc) is 2.48. The molecule has 2 N–H and O–H groups in total. The predicted octanol–water partition coefficient (Wildman–Crippen LogP) is 5.14. The van der Waals surface area contributed by atoms with Crippen LogP contribution in [0, 0.1) is 13.5 Å². The Morgan fingerprint density at radius 1 is 1.14 bits per heavy atom. The van der Waals surface area contributed by atoms with Gasteiger partial charge in [-0.25, -0.2) is 9.64 Å². The molecule has 0 aliphatic heterocycles. The maximum absolute atomic E-state index is 12.0. The van der Waals surface area contributed by atoms with Gasteiger partial charge in [-0.2, -0.15) is 0 Å². The van der Waals surface area contributed by atoms with Crippen LogP contribution in [-0.4, -0.2) is 6.03 Å². The number of benzene rings is 2. The van der Waals surface area contributed by atoms with Gasteiger partial charge in [-0.15, -0.1) is 0 Å². The quantitative estimate of drug-likeness (QED) is 0.753. The lowest BCUT2D eigenvalue weighted by Crippen LogP contribution is -2.19. The SMILES string of the molecule is [C-]#[N+]c1ccc(NC(=O)Nc2cccc(CCC)c2)cc1C. The van der Waals surface area contributed by atoms with Gasteiger partial charge < -0.3 is 10.6 Å². The zero-order valence-corrected chi connectivity index (χ0v) is 12.8. The maximum atomic E-state index is 12.0. The van der Waals surface area contributed by atoms with Crippen molar-refractivity contribution < 1.29 is 4.79 Å². The van der Waals surface area contributed by atoms with Crippen molar-refractivity contribution in [1.29, 1.82) is 0 Å². The molecule has 0 bridgehead atoms. The van der Waals surface area contributed by atoms with Gasteiger partial charge in [0.15, 0.2) is 5.69 Å². The summed E-state index contributed by atoms with van der Waals surface area (Å²) in [5, 5.41) is 5.61. The van der Waals surface area contributed by atoms with Gasteiger partial charge in [0.25, 0.3) is 0 Å². The van der Waals surface area contributed by atoms with Gasteiger partial charge in [-0.1, -0.05) is 31.5 Å². The molecule has 0 saturated carbocycles. The van der Waals surface area contributed by atoms with Crippen molar-refractivity contribution in [3.05, 3.63) is 65.0 Å². The number of carbonyl (C=O) groups is 1. The highest BCUT2D eigenvalue weighted by Gasteiger charge is 2.05. The molecule has 0 radical (unpaired) electrons. The number of nitrogens with one attached hydrogen (secondary N) is 2. The average molecular weight is 293 g/mol. The van der Waals surface area contributed by atoms with Crippen molar-refractivity contribution in [3.8, 4) is 0 Å². The van der Waals surface area contributed by atoms with E-state index in [4.69, 9.17) is 6.57 Å². The molecule has 0 unspecified atom stereocenters. The van der Waals surface area contributed by atoms with E-state index in [0.29, 0.717) is 11.4 Å². The first-order valence-electron chi connectivity index (χ1n) is 7.27. The Morgan fingerprint density at radius 3 is 2.50 bits per heavy atom. The summed E-state index contributed by atoms with van der Waals surface area (Å²) >= 11 is 0. The number of hydrogen-bond donors (Lipinski definition) is 2. The summed E-state index contributed by atoms with van der Waals surface area (Å²) in [5.74, 6) is 0. The van der Waals surface area contributed by atoms with Crippen molar-refractivity contribution in [1.82, 2.24) is 0 Å². The summed E-state index contributed by atoms with van der Waals surface area (Å²) in [5.41, 5.74) is 4.10. The fourth-order valence-corrected chi connectivity index (χ4v) is 2.25. The lowest BCUT2D eigenvalue weighted by molar-refractivity contribution is 0.262. The molecule has 2 aromatic carbocycles. The largest absolute Gasteiger partial charge is 0.323 e. The Kier molecular flexibility index (Phi) is 5.16. The predicted molar refractivity (Wildman–Crippen MR) is 90.5 cm³/mol. The van der Waals surface area contributed by atoms with Crippen molar-refractivity contribution in [2.75, 3.05) is 10.6 Å². The topological polar surface area (TPSA) is 45.5 Å². The van der Waals surface area contributed by atoms with Crippen LogP contribution in [-0.2, 0) is 6.42 Å². The number of hydrogen-bond acceptors (Lipinski definition) is 1. The molecule has 112 valence electrons. The molecular formula is C18H19N3O. The van der Waals surface area contributed by atoms with Crippen LogP contribution in [0.15, 0.2) is 42.5 Å². The van der Waals surface area contributed by atoms with E-state index < -0.39 is 0 Å². The summed E-state index contributed by atoms with van der Waals surface area (Å²) in [6.45, 7) is 11.0. The van der Waals surface area contributed by atoms with Crippen LogP contribution in [0.3, 0.4) is 0 Å². The van der Waals surface area contributed by atoms with Gasteiger partial charge in [-0.05, 0) is 48.7 Å². The van der Waals surface area contributed by atoms with Crippen molar-refractivity contribution in [3.63, 3.8) is 0 Å². The van der Waals surface area contributed by atoms with E-state index in [1.54, 1.807) is 18.2 Å². The molecule has 22 heavy (non-hydrogen) atoms. The van der Waals surface area contributed by atoms with Crippen LogP contribution in [0.25, 0.3) is 4.85 Å². The number of urea groups is 1. The van der Waals surface area contributed by atoms with E-state index in [1.165, 1.54) is 5.56 Å². The molecule has 2 aromatic rings. The smallest absolute Gasteiger partial charge is 0.308 e. The molecular weight excluding hydrogens is 274 g/mol. The highest BCUT2D eigenvalue weighted by atomic mass is 16.2. The van der Waals surface area contributed by atoms with Crippen LogP contribution in [0.2, 0.25) is 0 Å². The third kappa shape index (κ3) is 4.10. The van der Waals surface area contributed by atoms with Gasteiger partial charge in [0, 0.05) is 11.4 Å². The standard InChI is InChI=1S/C18H19N3O/c1-4-6-14-7-5-8-15(12-14)20-18(22)21-16-9-10-17(19-3)13(2)11-16/h5,7-12H,4,6H2,1-2H3,(H2,20,21,22). The Morgan fingerprint density at radius 2 is 1.86 bits per heavy atom. The van der Waals surface area contributed by atoms with Gasteiger partial charge >= 0.3 is 6.03 Å². The molecule has 2 amide bonds. The third-order valence-corrected chi connectivity index (χ3v) is 3.30. The summed E-state index contributed by atoms with van der Waals surface area (Å²) in [6, 6.07) is 12.8. The molecule has 0 atom stereocenters. The van der Waals surface area contributed by atoms with E-state index >= 15 is 0 Å². The normalized spacial score (nSPS) is 9.86. The number of anilines is 2. The molecule has 0 spiro atoms. The van der Waals surface area contributed by atoms with Gasteiger partial charge in [-0.3, -0.25) is 0 Å². The zero-order chi connectivity index (χ0) is 15.9. The van der Waals surface area contributed by atoms with Crippen LogP contribution in [0.4, 0.5) is 21.9 Å². The van der Waals surface area contributed by atoms with E-state index in [1.807, 2.05) is 25.1 Å². The second-order valence-electron chi connectivity index (χ2n) is 5.14. The van der Waals surface area contributed by atoms with Crippen molar-refractivity contribution >= 4 is 23.1 Å². The molecule has 0 aromatic heterocycles. The third-order valence-electron chi connectivity index (χ3n) is 3.30. The lowest BCUT2D eigenvalue weighted by Gasteiger charge is -2.10. The van der Waals surface area contributed by atoms with Crippen LogP contribution in [0.1, 0.15) is 24.5 Å². The first kappa shape index (κ1) is 15.6. The molecule has 0 fully saturated rings. The van der Waals surface area contributed by atoms with Crippen molar-refractivity contribution in [2.45, 2.75) is 26.7 Å². The summed E-state index contributed by atoms with van der Waals surface area (Å²) in [4.78, 5) is 15.4. The monoisotopic (exact) mass is 293 g/mol. The second kappa shape index (κ2) is 7.28. The first-order chi connectivity index (χ1) is 10.6. The van der Waals surface area contributed by atoms with Gasteiger partial charge in [0.05, 0.1) is 6.57 Å². The molecule has 0 aliphatic carbocycles. The molecule has 4 heteroatoms. The Hall–Kier alpha value is -2.80. The minimum atomic E-state index is -0.288. The van der Waals surface area contributed by atoms with Crippen LogP contribution >= 0.6 is 0 Å². The lowest BCUT2D eigenvalue weighted by atomic mass is 10.1. The van der Waals surface area contributed by atoms with Crippen molar-refractivity contribution in [2.24, 2.45) is 0 Å². The van der Waals surface area contributed by atoms with Crippen LogP contribution in [0.5, 0.6) is 0 Å². The van der Waals surface area contributed by atoms with Gasteiger partial charge in [0.2, 0.25) is 0 Å². The number of rotatable bonds is 4. The minimum Gasteiger partial charge on any atom is -0.308 e. The highest BCUT2D eigenvalue weighted by molar-refractivity contribution is 6.00. The summed E-state index contributed by atoms with van der Waals surface area (Å²) in [6.07, 6.45) is 2.07. The molecule has 0 heterocycles. The Bertz CT molecular complexity index is 717. The number of amides is 2. The Balaban J connectivity index is 2.02. The fourth-order valence-electron chi connectivity index (χ4n) is 2.25. The summed E-state index contributed by atoms with van der Waals surface area (Å²) in [7, 11) is 0. The van der Waals surface area contributed by atoms with E-state index in [-0.39, 0.29) is 6.03 Å². The number of aryl methyl sites for hydroxylation is 2. The Labute approximate surface area is 131 Å². The zero-order valence-electron chi connectivity index (χ0n) is 12.8. The van der Waals surface area contributed by atoms with E-state index in [2.05, 4.69) is 28.5 Å². The fraction of sp³-hybridized carbons (Fsp3) is 0.222. The molecule has 0 saturated heterocycles.